The number of benzene rings is 3. The summed E-state index contributed by atoms with van der Waals surface area (Å²) in [7, 11) is 1.46. The number of carboxylic acids is 1. The maximum atomic E-state index is 14.6. The van der Waals surface area contributed by atoms with Crippen LogP contribution in [0.2, 0.25) is 0 Å². The van der Waals surface area contributed by atoms with E-state index in [-0.39, 0.29) is 72.7 Å². The Labute approximate surface area is 466 Å². The number of aryl methyl sites for hydroxylation is 1. The van der Waals surface area contributed by atoms with Crippen molar-refractivity contribution in [2.45, 2.75) is 111 Å². The zero-order chi connectivity index (χ0) is 58.7. The minimum absolute atomic E-state index is 0.0185. The van der Waals surface area contributed by atoms with Gasteiger partial charge in [0.1, 0.15) is 51.4 Å². The van der Waals surface area contributed by atoms with Crippen molar-refractivity contribution < 1.29 is 68.0 Å². The van der Waals surface area contributed by atoms with Gasteiger partial charge in [0, 0.05) is 111 Å². The van der Waals surface area contributed by atoms with E-state index in [1.165, 1.54) is 52.5 Å². The molecule has 430 valence electrons. The van der Waals surface area contributed by atoms with Gasteiger partial charge in [-0.3, -0.25) is 23.6 Å². The number of carboxylic acid groups (broad SMARTS) is 1. The number of halogens is 1. The third-order valence-corrected chi connectivity index (χ3v) is 16.3. The molecule has 3 aliphatic heterocycles. The number of phenols is 2. The van der Waals surface area contributed by atoms with Crippen molar-refractivity contribution >= 4 is 73.4 Å². The summed E-state index contributed by atoms with van der Waals surface area (Å²) in [6.07, 6.45) is 8.91. The first-order valence-corrected chi connectivity index (χ1v) is 27.1. The summed E-state index contributed by atoms with van der Waals surface area (Å²) < 4.78 is 41.9. The number of anilines is 2. The molecule has 4 aliphatic rings. The van der Waals surface area contributed by atoms with Crippen LogP contribution in [0.15, 0.2) is 77.6 Å². The summed E-state index contributed by atoms with van der Waals surface area (Å²) >= 11 is 0. The van der Waals surface area contributed by atoms with E-state index in [2.05, 4.69) is 10.6 Å². The number of imidazole rings is 1. The molecule has 3 aromatic heterocycles. The van der Waals surface area contributed by atoms with Crippen molar-refractivity contribution in [3.8, 4) is 17.2 Å². The van der Waals surface area contributed by atoms with Gasteiger partial charge in [0.15, 0.2) is 5.75 Å². The van der Waals surface area contributed by atoms with Gasteiger partial charge in [-0.25, -0.2) is 14.2 Å². The van der Waals surface area contributed by atoms with E-state index < -0.39 is 94.5 Å². The molecule has 1 amide bonds. The van der Waals surface area contributed by atoms with Crippen molar-refractivity contribution in [1.82, 2.24) is 19.3 Å². The molecule has 21 heteroatoms. The van der Waals surface area contributed by atoms with Gasteiger partial charge >= 0.3 is 17.7 Å². The molecule has 0 unspecified atom stereocenters. The van der Waals surface area contributed by atoms with Crippen molar-refractivity contribution in [2.24, 2.45) is 23.7 Å². The number of hydrogen-bond acceptors (Lipinski definition) is 16. The van der Waals surface area contributed by atoms with Crippen LogP contribution < -0.4 is 25.7 Å². The molecule has 1 saturated heterocycles. The largest absolute Gasteiger partial charge is 0.507 e. The average Bonchev–Trinajstić information content (AvgIpc) is 4.37. The third-order valence-electron chi connectivity index (χ3n) is 16.3. The fourth-order valence-corrected chi connectivity index (χ4v) is 11.3. The molecule has 1 aliphatic carbocycles. The highest BCUT2D eigenvalue weighted by molar-refractivity contribution is 6.28. The van der Waals surface area contributed by atoms with E-state index in [9.17, 15) is 53.9 Å². The van der Waals surface area contributed by atoms with Gasteiger partial charge < -0.3 is 64.6 Å². The number of esters is 1. The lowest BCUT2D eigenvalue weighted by Gasteiger charge is -2.38. The molecule has 10 rings (SSSR count). The number of amides is 1. The lowest BCUT2D eigenvalue weighted by Crippen LogP contribution is -2.46. The molecule has 9 atom stereocenters. The standard InChI is InChI=1S/C43H51N3O11.C17H18FN3O3/c1-19-14-16-46-28(18-19)44-32-29-30-37(50)25(7)40-31(29)41(52)43(9,57-40)55-17-15-27(54-10)22(4)39(56-26(8)47)24(6)36(49)23(5)35(48)20(2)12-11-13-21(3)42(53)45-33(34(32)46)38(30)51;18-13-7-11-14(8-15(13)20-5-3-19-4-6-20)21(10-1-2-10)9-12(16(11)22)17(23)24/h11-18,20,22-24,27,35-36,39,48-51H,1-10H3,(H,45,53);7-10,19H,1-6H2,(H,23,24)/b12-11+,17-15+,21-13-;/t20-,22+,23+,24+,27-,35-,36+,39+,43-;/m0./s1. The number of aliphatic hydroxyl groups is 2. The number of nitrogens with one attached hydrogen (secondary N) is 2. The van der Waals surface area contributed by atoms with Crippen LogP contribution in [0, 0.1) is 43.3 Å². The fraction of sp³-hybridized carbons (Fsp3) is 0.433. The van der Waals surface area contributed by atoms with Gasteiger partial charge in [0.05, 0.1) is 46.7 Å². The summed E-state index contributed by atoms with van der Waals surface area (Å²) in [5.41, 5.74) is 2.34. The lowest BCUT2D eigenvalue weighted by atomic mass is 9.78. The van der Waals surface area contributed by atoms with Gasteiger partial charge in [-0.1, -0.05) is 45.9 Å². The predicted octanol–water partition coefficient (Wildman–Crippen LogP) is 7.74. The highest BCUT2D eigenvalue weighted by Crippen LogP contribution is 2.54. The minimum Gasteiger partial charge on any atom is -0.507 e. The number of nitrogens with zero attached hydrogens (tertiary/aromatic N) is 4. The third kappa shape index (κ3) is 10.7. The Morgan fingerprint density at radius 1 is 0.926 bits per heavy atom. The second-order valence-corrected chi connectivity index (χ2v) is 22.0. The number of aromatic carboxylic acids is 1. The maximum Gasteiger partial charge on any atom is 0.341 e. The molecule has 6 heterocycles. The Morgan fingerprint density at radius 3 is 2.28 bits per heavy atom. The minimum atomic E-state index is -1.96. The molecule has 2 fully saturated rings. The highest BCUT2D eigenvalue weighted by Gasteiger charge is 2.50. The number of rotatable bonds is 5. The molecule has 20 nitrogen and oxygen atoms in total. The topological polar surface area (TPSA) is 273 Å². The van der Waals surface area contributed by atoms with Crippen LogP contribution in [-0.2, 0) is 23.8 Å². The Morgan fingerprint density at radius 2 is 1.63 bits per heavy atom. The number of pyridine rings is 2. The maximum absolute atomic E-state index is 14.6. The number of aromatic hydroxyl groups is 2. The molecule has 4 bridgehead atoms. The average molecular weight is 1120 g/mol. The molecule has 7 N–H and O–H groups in total. The number of phenolic OH excluding ortho intramolecular Hbond substituents is 2. The van der Waals surface area contributed by atoms with Crippen molar-refractivity contribution in [2.75, 3.05) is 43.5 Å². The molecule has 0 spiro atoms. The first-order valence-electron chi connectivity index (χ1n) is 27.1. The first kappa shape index (κ1) is 57.8. The SMILES string of the molecule is CO[C@H]1/C=C/O[C@@]2(C)Oc3c(C)c(O)c4c(O)c(c5c(nc6cc(C)ccn65)c4c3C2=O)NC(=O)/C(C)=C\C=C\[C@H](C)[C@H](O)[C@@H](C)[C@@H](O)[C@@H](C)[C@H](OC(C)=O)[C@@H]1C.O=C(O)c1cn(C2CC2)c2cc(N3CCNCC3)c(F)cc2c1=O. The second-order valence-electron chi connectivity index (χ2n) is 22.0. The number of piperazine rings is 1. The number of allylic oxidation sites excluding steroid dienone is 2. The van der Waals surface area contributed by atoms with E-state index in [4.69, 9.17) is 23.9 Å². The number of carbonyl (C=O) groups excluding carboxylic acids is 3. The number of aliphatic hydroxyl groups excluding tert-OH is 2. The number of ether oxygens (including phenoxy) is 4. The van der Waals surface area contributed by atoms with Gasteiger partial charge in [0.2, 0.25) is 5.43 Å². The first-order chi connectivity index (χ1) is 38.4. The van der Waals surface area contributed by atoms with Crippen LogP contribution in [0.3, 0.4) is 0 Å². The summed E-state index contributed by atoms with van der Waals surface area (Å²) in [6.45, 7) is 17.7. The van der Waals surface area contributed by atoms with E-state index in [0.717, 1.165) is 31.5 Å². The van der Waals surface area contributed by atoms with Crippen LogP contribution in [-0.4, -0.2) is 127 Å². The van der Waals surface area contributed by atoms with Gasteiger partial charge in [-0.15, -0.1) is 0 Å². The van der Waals surface area contributed by atoms with E-state index in [1.807, 2.05) is 28.5 Å². The van der Waals surface area contributed by atoms with E-state index in [0.29, 0.717) is 29.9 Å². The Balaban J connectivity index is 0.000000272. The molecular weight excluding hydrogens is 1050 g/mol. The fourth-order valence-electron chi connectivity index (χ4n) is 11.3. The number of aromatic nitrogens is 3. The number of ketones is 1. The van der Waals surface area contributed by atoms with Crippen molar-refractivity contribution in [3.63, 3.8) is 0 Å². The van der Waals surface area contributed by atoms with Crippen LogP contribution in [0.1, 0.15) is 99.2 Å². The lowest BCUT2D eigenvalue weighted by molar-refractivity contribution is -0.160. The van der Waals surface area contributed by atoms with Crippen LogP contribution in [0.25, 0.3) is 38.4 Å². The molecule has 3 aromatic carbocycles. The van der Waals surface area contributed by atoms with E-state index >= 15 is 0 Å². The van der Waals surface area contributed by atoms with Gasteiger partial charge in [-0.05, 0) is 69.5 Å². The highest BCUT2D eigenvalue weighted by atomic mass is 19.1. The van der Waals surface area contributed by atoms with Crippen LogP contribution in [0.5, 0.6) is 17.2 Å². The smallest absolute Gasteiger partial charge is 0.341 e. The number of hydrogen-bond donors (Lipinski definition) is 7. The zero-order valence-electron chi connectivity index (χ0n) is 46.9. The molecule has 1 saturated carbocycles. The van der Waals surface area contributed by atoms with Crippen molar-refractivity contribution in [3.05, 3.63) is 111 Å². The quantitative estimate of drug-likeness (QED) is 0.0642. The number of fused-ring (bicyclic) bond motifs is 3. The van der Waals surface area contributed by atoms with Crippen LogP contribution in [0.4, 0.5) is 15.8 Å². The predicted molar refractivity (Wildman–Crippen MR) is 302 cm³/mol. The molecule has 0 radical (unpaired) electrons. The monoisotopic (exact) mass is 1120 g/mol. The summed E-state index contributed by atoms with van der Waals surface area (Å²) in [5.74, 6) is -8.71. The van der Waals surface area contributed by atoms with E-state index in [1.54, 1.807) is 69.5 Å². The summed E-state index contributed by atoms with van der Waals surface area (Å²) in [6, 6.07) is 6.72. The molecular formula is C60H69FN6O14. The van der Waals surface area contributed by atoms with Gasteiger partial charge in [0.25, 0.3) is 11.7 Å². The van der Waals surface area contributed by atoms with Crippen LogP contribution >= 0.6 is 0 Å². The molecule has 81 heavy (non-hydrogen) atoms. The summed E-state index contributed by atoms with van der Waals surface area (Å²) in [4.78, 5) is 71.3. The zero-order valence-corrected chi connectivity index (χ0v) is 46.9. The Bertz CT molecular complexity index is 3690. The number of Topliss-reactive ketones (excluding diaryl/α,β-unsaturated/α-hetero) is 1. The van der Waals surface area contributed by atoms with Gasteiger partial charge in [-0.2, -0.15) is 0 Å². The second kappa shape index (κ2) is 22.6. The Kier molecular flexibility index (Phi) is 16.1. The Hall–Kier alpha value is -7.85. The summed E-state index contributed by atoms with van der Waals surface area (Å²) in [5, 5.41) is 62.0. The molecule has 6 aromatic rings. The normalized spacial score (nSPS) is 27.1. The number of methoxy groups -OCH3 is 1. The number of carbonyl (C=O) groups is 4. The van der Waals surface area contributed by atoms with Crippen molar-refractivity contribution in [1.29, 1.82) is 0 Å².